The number of carbonyl (C=O) groups is 1. The molecule has 0 radical (unpaired) electrons. The van der Waals surface area contributed by atoms with E-state index in [0.29, 0.717) is 11.8 Å². The maximum Gasteiger partial charge on any atom is 0.306 e. The summed E-state index contributed by atoms with van der Waals surface area (Å²) in [5, 5.41) is 8.25. The average molecular weight is 599 g/mol. The van der Waals surface area contributed by atoms with Gasteiger partial charge in [-0.25, -0.2) is 9.67 Å². The number of esters is 1. The van der Waals surface area contributed by atoms with E-state index < -0.39 is 0 Å². The predicted octanol–water partition coefficient (Wildman–Crippen LogP) is 5.44. The van der Waals surface area contributed by atoms with Crippen molar-refractivity contribution in [2.24, 2.45) is 5.41 Å². The van der Waals surface area contributed by atoms with Gasteiger partial charge in [0.05, 0.1) is 24.9 Å². The number of hydrogen-bond donors (Lipinski definition) is 1. The predicted molar refractivity (Wildman–Crippen MR) is 176 cm³/mol. The van der Waals surface area contributed by atoms with Crippen LogP contribution in [0, 0.1) is 19.3 Å². The Morgan fingerprint density at radius 3 is 2.61 bits per heavy atom. The molecule has 1 aromatic carbocycles. The number of pyridine rings is 1. The van der Waals surface area contributed by atoms with Gasteiger partial charge in [0.2, 0.25) is 0 Å². The number of benzene rings is 1. The van der Waals surface area contributed by atoms with Gasteiger partial charge in [-0.1, -0.05) is 32.9 Å². The van der Waals surface area contributed by atoms with Crippen LogP contribution < -0.4 is 5.32 Å². The van der Waals surface area contributed by atoms with Crippen LogP contribution in [0.3, 0.4) is 0 Å². The van der Waals surface area contributed by atoms with Gasteiger partial charge in [0, 0.05) is 68.4 Å². The number of rotatable bonds is 9. The molecule has 2 saturated heterocycles. The van der Waals surface area contributed by atoms with E-state index in [1.807, 2.05) is 11.6 Å². The van der Waals surface area contributed by atoms with Crippen molar-refractivity contribution in [3.05, 3.63) is 70.2 Å². The zero-order valence-corrected chi connectivity index (χ0v) is 27.6. The van der Waals surface area contributed by atoms with Gasteiger partial charge in [-0.3, -0.25) is 4.79 Å². The number of nitrogens with zero attached hydrogens (tertiary/aromatic N) is 5. The third-order valence-electron chi connectivity index (χ3n) is 9.92. The van der Waals surface area contributed by atoms with Crippen molar-refractivity contribution in [2.75, 3.05) is 58.2 Å². The summed E-state index contributed by atoms with van der Waals surface area (Å²) in [6.45, 7) is 18.3. The van der Waals surface area contributed by atoms with Crippen LogP contribution in [0.25, 0.3) is 5.69 Å². The summed E-state index contributed by atoms with van der Waals surface area (Å²) in [4.78, 5) is 22.8. The molecule has 0 unspecified atom stereocenters. The van der Waals surface area contributed by atoms with Crippen molar-refractivity contribution in [1.29, 1.82) is 0 Å². The first-order valence-corrected chi connectivity index (χ1v) is 16.4. The highest BCUT2D eigenvalue weighted by molar-refractivity contribution is 5.70. The third-order valence-corrected chi connectivity index (χ3v) is 9.92. The van der Waals surface area contributed by atoms with Gasteiger partial charge in [-0.2, -0.15) is 5.10 Å². The molecule has 1 spiro atoms. The second kappa shape index (κ2) is 12.3. The highest BCUT2D eigenvalue weighted by Crippen LogP contribution is 2.41. The van der Waals surface area contributed by atoms with Crippen molar-refractivity contribution < 1.29 is 9.53 Å². The van der Waals surface area contributed by atoms with E-state index in [2.05, 4.69) is 79.2 Å². The molecule has 3 aliphatic rings. The largest absolute Gasteiger partial charge is 0.469 e. The quantitative estimate of drug-likeness (QED) is 0.329. The maximum absolute atomic E-state index is 12.7. The molecule has 0 bridgehead atoms. The topological polar surface area (TPSA) is 75.5 Å². The van der Waals surface area contributed by atoms with Crippen LogP contribution in [-0.4, -0.2) is 83.5 Å². The van der Waals surface area contributed by atoms with Gasteiger partial charge in [-0.15, -0.1) is 0 Å². The molecule has 3 aromatic rings. The first-order valence-electron chi connectivity index (χ1n) is 16.4. The van der Waals surface area contributed by atoms with Crippen LogP contribution in [0.4, 0.5) is 5.82 Å². The van der Waals surface area contributed by atoms with Gasteiger partial charge in [0.25, 0.3) is 0 Å². The smallest absolute Gasteiger partial charge is 0.306 e. The Morgan fingerprint density at radius 2 is 1.89 bits per heavy atom. The molecule has 0 saturated carbocycles. The van der Waals surface area contributed by atoms with Crippen LogP contribution >= 0.6 is 0 Å². The summed E-state index contributed by atoms with van der Waals surface area (Å²) in [7, 11) is 1.49. The van der Waals surface area contributed by atoms with E-state index in [1.54, 1.807) is 0 Å². The van der Waals surface area contributed by atoms with Crippen LogP contribution in [0.15, 0.2) is 36.4 Å². The van der Waals surface area contributed by atoms with Crippen LogP contribution in [0.1, 0.15) is 79.7 Å². The molecule has 3 aliphatic heterocycles. The molecule has 2 aromatic heterocycles. The summed E-state index contributed by atoms with van der Waals surface area (Å²) in [5.74, 6) is 0.994. The van der Waals surface area contributed by atoms with E-state index in [-0.39, 0.29) is 17.3 Å². The molecule has 44 heavy (non-hydrogen) atoms. The van der Waals surface area contributed by atoms with Gasteiger partial charge in [-0.05, 0) is 86.0 Å². The fourth-order valence-corrected chi connectivity index (χ4v) is 7.49. The zero-order chi connectivity index (χ0) is 31.1. The van der Waals surface area contributed by atoms with Crippen LogP contribution in [0.2, 0.25) is 0 Å². The molecule has 5 heterocycles. The molecular weight excluding hydrogens is 548 g/mol. The second-order valence-corrected chi connectivity index (χ2v) is 14.7. The number of aryl methyl sites for hydroxylation is 3. The number of likely N-dealkylation sites (tertiary alicyclic amines) is 2. The number of aromatic nitrogens is 3. The van der Waals surface area contributed by atoms with Gasteiger partial charge in [0.15, 0.2) is 0 Å². The molecule has 0 aliphatic carbocycles. The van der Waals surface area contributed by atoms with Gasteiger partial charge >= 0.3 is 5.97 Å². The third kappa shape index (κ3) is 6.71. The van der Waals surface area contributed by atoms with Crippen molar-refractivity contribution in [2.45, 2.75) is 78.1 Å². The average Bonchev–Trinajstić information content (AvgIpc) is 3.57. The van der Waals surface area contributed by atoms with Crippen molar-refractivity contribution >= 4 is 11.8 Å². The molecule has 1 N–H and O–H groups in total. The lowest BCUT2D eigenvalue weighted by atomic mass is 9.77. The highest BCUT2D eigenvalue weighted by Gasteiger charge is 2.47. The molecule has 8 heteroatoms. The fourth-order valence-electron chi connectivity index (χ4n) is 7.49. The lowest BCUT2D eigenvalue weighted by Crippen LogP contribution is -2.58. The number of methoxy groups -OCH3 is 1. The fraction of sp³-hybridized carbons (Fsp3) is 0.583. The SMILES string of the molecule is COC(=O)C[C@H](CN1CC2(CCN(CCc3ccc4c(n3)NCCC4)C2)C1)c1cc(-n2nc(C)cc2C)cc(C(C)(C)C)c1. The molecule has 0 amide bonds. The van der Waals surface area contributed by atoms with Crippen molar-refractivity contribution in [3.63, 3.8) is 0 Å². The van der Waals surface area contributed by atoms with E-state index >= 15 is 0 Å². The Balaban J connectivity index is 1.12. The molecular formula is C36H50N6O2. The Labute approximate surface area is 263 Å². The Kier molecular flexibility index (Phi) is 8.59. The number of nitrogens with one attached hydrogen (secondary N) is 1. The van der Waals surface area contributed by atoms with E-state index in [0.717, 1.165) is 81.5 Å². The molecule has 8 nitrogen and oxygen atoms in total. The van der Waals surface area contributed by atoms with E-state index in [1.165, 1.54) is 42.3 Å². The number of fused-ring (bicyclic) bond motifs is 1. The number of ether oxygens (including phenoxy) is 1. The summed E-state index contributed by atoms with van der Waals surface area (Å²) < 4.78 is 7.21. The van der Waals surface area contributed by atoms with Crippen LogP contribution in [-0.2, 0) is 27.8 Å². The van der Waals surface area contributed by atoms with E-state index in [4.69, 9.17) is 14.8 Å². The highest BCUT2D eigenvalue weighted by atomic mass is 16.5. The zero-order valence-electron chi connectivity index (χ0n) is 27.6. The molecule has 6 rings (SSSR count). The molecule has 236 valence electrons. The Bertz CT molecular complexity index is 1500. The Morgan fingerprint density at radius 1 is 1.09 bits per heavy atom. The lowest BCUT2D eigenvalue weighted by Gasteiger charge is -2.49. The standard InChI is InChI=1S/C36H50N6O2/c1-25-16-26(2)42(39-25)32-18-28(17-30(20-32)35(3,4)5)29(19-33(43)44-6)21-41-23-36(24-41)12-15-40(22-36)14-11-31-10-9-27-8-7-13-37-34(27)38-31/h9-10,16-18,20,29H,7-8,11-15,19,21-24H2,1-6H3,(H,37,38)/t29-/m1/s1. The van der Waals surface area contributed by atoms with Crippen molar-refractivity contribution in [3.8, 4) is 5.69 Å². The Hall–Kier alpha value is -3.23. The number of carbonyl (C=O) groups excluding carboxylic acids is 1. The number of hydrogen-bond acceptors (Lipinski definition) is 7. The van der Waals surface area contributed by atoms with E-state index in [9.17, 15) is 4.79 Å². The lowest BCUT2D eigenvalue weighted by molar-refractivity contribution is -0.141. The normalized spacial score (nSPS) is 19.0. The minimum absolute atomic E-state index is 0.0318. The van der Waals surface area contributed by atoms with Gasteiger partial charge in [0.1, 0.15) is 5.82 Å². The maximum atomic E-state index is 12.7. The van der Waals surface area contributed by atoms with Crippen LogP contribution in [0.5, 0.6) is 0 Å². The summed E-state index contributed by atoms with van der Waals surface area (Å²) in [5.41, 5.74) is 8.49. The second-order valence-electron chi connectivity index (χ2n) is 14.7. The summed E-state index contributed by atoms with van der Waals surface area (Å²) in [6, 6.07) is 13.4. The molecule has 2 fully saturated rings. The van der Waals surface area contributed by atoms with Crippen molar-refractivity contribution in [1.82, 2.24) is 24.6 Å². The first kappa shape index (κ1) is 30.8. The first-order chi connectivity index (χ1) is 21.0. The van der Waals surface area contributed by atoms with Gasteiger partial charge < -0.3 is 19.9 Å². The molecule has 1 atom stereocenters. The monoisotopic (exact) mass is 598 g/mol. The minimum Gasteiger partial charge on any atom is -0.469 e. The summed E-state index contributed by atoms with van der Waals surface area (Å²) >= 11 is 0. The summed E-state index contributed by atoms with van der Waals surface area (Å²) in [6.07, 6.45) is 4.94. The number of anilines is 1. The minimum atomic E-state index is -0.155.